The molecular weight excluding hydrogens is 200 g/mol. The zero-order chi connectivity index (χ0) is 11.8. The van der Waals surface area contributed by atoms with E-state index in [1.54, 1.807) is 0 Å². The van der Waals surface area contributed by atoms with Crippen LogP contribution in [0.15, 0.2) is 24.8 Å². The van der Waals surface area contributed by atoms with E-state index in [0.29, 0.717) is 0 Å². The van der Waals surface area contributed by atoms with Gasteiger partial charge in [0, 0.05) is 11.6 Å². The van der Waals surface area contributed by atoms with E-state index in [-0.39, 0.29) is 12.2 Å². The molecule has 1 N–H and O–H groups in total. The molecule has 0 amide bonds. The standard InChI is InChI=1S/C10H14O5/c1-4-9(12)14-6-8(5-11)15-10(13)7(2)3/h4,8,11H,1-2,5-6H2,3H3. The Labute approximate surface area is 88.0 Å². The molecule has 1 unspecified atom stereocenters. The molecule has 0 rings (SSSR count). The van der Waals surface area contributed by atoms with Gasteiger partial charge < -0.3 is 14.6 Å². The number of esters is 2. The van der Waals surface area contributed by atoms with Crippen molar-refractivity contribution in [1.82, 2.24) is 0 Å². The maximum atomic E-state index is 11.0. The summed E-state index contributed by atoms with van der Waals surface area (Å²) in [7, 11) is 0. The Bertz CT molecular complexity index is 269. The topological polar surface area (TPSA) is 72.8 Å². The van der Waals surface area contributed by atoms with Crippen LogP contribution >= 0.6 is 0 Å². The molecule has 0 radical (unpaired) electrons. The molecule has 0 saturated carbocycles. The second kappa shape index (κ2) is 6.78. The van der Waals surface area contributed by atoms with Crippen molar-refractivity contribution in [2.24, 2.45) is 0 Å². The summed E-state index contributed by atoms with van der Waals surface area (Å²) in [6.07, 6.45) is 0.104. The lowest BCUT2D eigenvalue weighted by Crippen LogP contribution is -2.28. The molecule has 0 aliphatic carbocycles. The van der Waals surface area contributed by atoms with Crippen LogP contribution < -0.4 is 0 Å². The lowest BCUT2D eigenvalue weighted by molar-refractivity contribution is -0.155. The van der Waals surface area contributed by atoms with Gasteiger partial charge in [-0.1, -0.05) is 13.2 Å². The fourth-order valence-corrected chi connectivity index (χ4v) is 0.610. The van der Waals surface area contributed by atoms with E-state index in [1.807, 2.05) is 0 Å². The smallest absolute Gasteiger partial charge is 0.333 e. The average molecular weight is 214 g/mol. The summed E-state index contributed by atoms with van der Waals surface area (Å²) < 4.78 is 9.36. The van der Waals surface area contributed by atoms with Crippen LogP contribution in [0.4, 0.5) is 0 Å². The maximum Gasteiger partial charge on any atom is 0.333 e. The van der Waals surface area contributed by atoms with Crippen LogP contribution in [0.3, 0.4) is 0 Å². The number of ether oxygens (including phenoxy) is 2. The molecule has 0 saturated heterocycles. The summed E-state index contributed by atoms with van der Waals surface area (Å²) in [4.78, 5) is 21.7. The van der Waals surface area contributed by atoms with Crippen molar-refractivity contribution in [3.05, 3.63) is 24.8 Å². The second-order valence-corrected chi connectivity index (χ2v) is 2.82. The Morgan fingerprint density at radius 1 is 1.53 bits per heavy atom. The molecule has 5 nitrogen and oxygen atoms in total. The van der Waals surface area contributed by atoms with Crippen LogP contribution in [0.5, 0.6) is 0 Å². The highest BCUT2D eigenvalue weighted by Gasteiger charge is 2.15. The number of rotatable bonds is 6. The lowest BCUT2D eigenvalue weighted by Gasteiger charge is -2.14. The summed E-state index contributed by atoms with van der Waals surface area (Å²) in [5.41, 5.74) is 0.212. The van der Waals surface area contributed by atoms with Crippen molar-refractivity contribution < 1.29 is 24.2 Å². The van der Waals surface area contributed by atoms with Gasteiger partial charge in [-0.15, -0.1) is 0 Å². The molecule has 0 bridgehead atoms. The number of aliphatic hydroxyl groups is 1. The molecule has 84 valence electrons. The van der Waals surface area contributed by atoms with E-state index < -0.39 is 24.6 Å². The summed E-state index contributed by atoms with van der Waals surface area (Å²) in [6.45, 7) is 7.41. The van der Waals surface area contributed by atoms with Gasteiger partial charge in [-0.3, -0.25) is 0 Å². The van der Waals surface area contributed by atoms with E-state index in [0.717, 1.165) is 6.08 Å². The van der Waals surface area contributed by atoms with Crippen LogP contribution in [0.1, 0.15) is 6.92 Å². The minimum atomic E-state index is -0.877. The van der Waals surface area contributed by atoms with E-state index in [2.05, 4.69) is 17.9 Å². The molecule has 0 aromatic carbocycles. The van der Waals surface area contributed by atoms with Crippen molar-refractivity contribution in [2.45, 2.75) is 13.0 Å². The van der Waals surface area contributed by atoms with E-state index >= 15 is 0 Å². The largest absolute Gasteiger partial charge is 0.458 e. The molecule has 15 heavy (non-hydrogen) atoms. The van der Waals surface area contributed by atoms with Gasteiger partial charge in [0.2, 0.25) is 0 Å². The van der Waals surface area contributed by atoms with Crippen LogP contribution in [0.25, 0.3) is 0 Å². The van der Waals surface area contributed by atoms with Gasteiger partial charge in [0.25, 0.3) is 0 Å². The van der Waals surface area contributed by atoms with E-state index in [1.165, 1.54) is 6.92 Å². The van der Waals surface area contributed by atoms with Crippen molar-refractivity contribution in [2.75, 3.05) is 13.2 Å². The van der Waals surface area contributed by atoms with Gasteiger partial charge in [-0.2, -0.15) is 0 Å². The monoisotopic (exact) mass is 214 g/mol. The third kappa shape index (κ3) is 5.64. The van der Waals surface area contributed by atoms with Crippen LogP contribution in [-0.2, 0) is 19.1 Å². The summed E-state index contributed by atoms with van der Waals surface area (Å²) in [6, 6.07) is 0. The third-order valence-electron chi connectivity index (χ3n) is 1.40. The first-order valence-corrected chi connectivity index (χ1v) is 4.27. The highest BCUT2D eigenvalue weighted by Crippen LogP contribution is 1.99. The molecule has 0 heterocycles. The minimum absolute atomic E-state index is 0.208. The first kappa shape index (κ1) is 13.4. The van der Waals surface area contributed by atoms with Gasteiger partial charge in [0.05, 0.1) is 6.61 Å². The zero-order valence-corrected chi connectivity index (χ0v) is 8.56. The maximum absolute atomic E-state index is 11.0. The van der Waals surface area contributed by atoms with Crippen LogP contribution in [0, 0.1) is 0 Å². The normalized spacial score (nSPS) is 11.3. The zero-order valence-electron chi connectivity index (χ0n) is 8.56. The molecule has 0 aromatic rings. The molecular formula is C10H14O5. The molecule has 0 aromatic heterocycles. The predicted molar refractivity (Wildman–Crippen MR) is 52.9 cm³/mol. The van der Waals surface area contributed by atoms with Crippen molar-refractivity contribution in [3.8, 4) is 0 Å². The first-order chi connectivity index (χ1) is 7.01. The Morgan fingerprint density at radius 3 is 2.53 bits per heavy atom. The van der Waals surface area contributed by atoms with Gasteiger partial charge in [0.1, 0.15) is 6.61 Å². The van der Waals surface area contributed by atoms with Gasteiger partial charge >= 0.3 is 11.9 Å². The molecule has 5 heteroatoms. The second-order valence-electron chi connectivity index (χ2n) is 2.82. The fraction of sp³-hybridized carbons (Fsp3) is 0.400. The van der Waals surface area contributed by atoms with Crippen molar-refractivity contribution in [1.29, 1.82) is 0 Å². The van der Waals surface area contributed by atoms with Crippen molar-refractivity contribution in [3.63, 3.8) is 0 Å². The highest BCUT2D eigenvalue weighted by atomic mass is 16.6. The summed E-state index contributed by atoms with van der Waals surface area (Å²) in [5, 5.41) is 8.82. The van der Waals surface area contributed by atoms with Gasteiger partial charge in [-0.05, 0) is 6.92 Å². The van der Waals surface area contributed by atoms with Gasteiger partial charge in [0.15, 0.2) is 6.10 Å². The number of carbonyl (C=O) groups is 2. The van der Waals surface area contributed by atoms with Crippen LogP contribution in [0.2, 0.25) is 0 Å². The van der Waals surface area contributed by atoms with E-state index in [9.17, 15) is 9.59 Å². The highest BCUT2D eigenvalue weighted by molar-refractivity contribution is 5.87. The quantitative estimate of drug-likeness (QED) is 0.505. The molecule has 0 aliphatic rings. The van der Waals surface area contributed by atoms with Gasteiger partial charge in [-0.25, -0.2) is 9.59 Å². The minimum Gasteiger partial charge on any atom is -0.458 e. The fourth-order valence-electron chi connectivity index (χ4n) is 0.610. The van der Waals surface area contributed by atoms with E-state index in [4.69, 9.17) is 9.84 Å². The summed E-state index contributed by atoms with van der Waals surface area (Å²) in [5.74, 6) is -1.27. The number of hydrogen-bond donors (Lipinski definition) is 1. The number of aliphatic hydroxyl groups excluding tert-OH is 1. The Morgan fingerprint density at radius 2 is 2.13 bits per heavy atom. The third-order valence-corrected chi connectivity index (χ3v) is 1.40. The molecule has 0 spiro atoms. The molecule has 0 fully saturated rings. The average Bonchev–Trinajstić information content (AvgIpc) is 2.22. The summed E-state index contributed by atoms with van der Waals surface area (Å²) >= 11 is 0. The Balaban J connectivity index is 4.03. The molecule has 1 atom stereocenters. The predicted octanol–water partition coefficient (Wildman–Crippen LogP) is 0.196. The van der Waals surface area contributed by atoms with Crippen LogP contribution in [-0.4, -0.2) is 36.4 Å². The lowest BCUT2D eigenvalue weighted by atomic mass is 10.3. The SMILES string of the molecule is C=CC(=O)OCC(CO)OC(=O)C(=C)C. The van der Waals surface area contributed by atoms with Crippen molar-refractivity contribution >= 4 is 11.9 Å². The number of hydrogen-bond acceptors (Lipinski definition) is 5. The molecule has 0 aliphatic heterocycles. The Kier molecular flexibility index (Phi) is 6.05. The first-order valence-electron chi connectivity index (χ1n) is 4.27. The number of carbonyl (C=O) groups excluding carboxylic acids is 2. The Hall–Kier alpha value is -1.62.